The molecule has 0 heterocycles. The molecule has 0 unspecified atom stereocenters. The smallest absolute Gasteiger partial charge is 0.255 e. The number of nitrogens with one attached hydrogen (secondary N) is 2. The number of carbonyl (C=O) groups is 2. The van der Waals surface area contributed by atoms with Gasteiger partial charge < -0.3 is 20.1 Å². The average molecular weight is 457 g/mol. The Hall–Kier alpha value is -3.16. The van der Waals surface area contributed by atoms with Crippen LogP contribution in [-0.2, 0) is 4.79 Å². The SMILES string of the molecule is COc1cccc(C(=O)Nc2ccc(SCC(=O)Nc3cc(Cl)ccc3OC)cc2)c1. The summed E-state index contributed by atoms with van der Waals surface area (Å²) >= 11 is 7.37. The third-order valence-electron chi connectivity index (χ3n) is 4.25. The summed E-state index contributed by atoms with van der Waals surface area (Å²) in [5.41, 5.74) is 1.69. The van der Waals surface area contributed by atoms with Crippen molar-refractivity contribution in [1.82, 2.24) is 0 Å². The molecule has 0 atom stereocenters. The van der Waals surface area contributed by atoms with Crippen molar-refractivity contribution in [3.63, 3.8) is 0 Å². The van der Waals surface area contributed by atoms with Crippen molar-refractivity contribution < 1.29 is 19.1 Å². The van der Waals surface area contributed by atoms with Crippen molar-refractivity contribution in [3.05, 3.63) is 77.3 Å². The Morgan fingerprint density at radius 3 is 2.42 bits per heavy atom. The number of ether oxygens (including phenoxy) is 2. The minimum absolute atomic E-state index is 0.180. The first-order valence-electron chi connectivity index (χ1n) is 9.30. The van der Waals surface area contributed by atoms with E-state index < -0.39 is 0 Å². The number of benzene rings is 3. The van der Waals surface area contributed by atoms with E-state index in [0.717, 1.165) is 4.90 Å². The zero-order chi connectivity index (χ0) is 22.2. The maximum absolute atomic E-state index is 12.4. The molecule has 3 rings (SSSR count). The fraction of sp³-hybridized carbons (Fsp3) is 0.130. The van der Waals surface area contributed by atoms with E-state index >= 15 is 0 Å². The second-order valence-electron chi connectivity index (χ2n) is 6.39. The monoisotopic (exact) mass is 456 g/mol. The van der Waals surface area contributed by atoms with Crippen molar-refractivity contribution in [3.8, 4) is 11.5 Å². The number of amides is 2. The van der Waals surface area contributed by atoms with Crippen molar-refractivity contribution in [1.29, 1.82) is 0 Å². The fourth-order valence-electron chi connectivity index (χ4n) is 2.72. The molecule has 0 saturated carbocycles. The van der Waals surface area contributed by atoms with Crippen molar-refractivity contribution in [2.45, 2.75) is 4.90 Å². The standard InChI is InChI=1S/C23H21ClN2O4S/c1-29-18-5-3-4-15(12-18)23(28)25-17-7-9-19(10-8-17)31-14-22(27)26-20-13-16(24)6-11-21(20)30-2/h3-13H,14H2,1-2H3,(H,25,28)(H,26,27). The van der Waals surface area contributed by atoms with E-state index in [1.165, 1.54) is 18.9 Å². The number of hydrogen-bond donors (Lipinski definition) is 2. The first-order valence-corrected chi connectivity index (χ1v) is 10.7. The Balaban J connectivity index is 1.54. The van der Waals surface area contributed by atoms with Gasteiger partial charge in [0.1, 0.15) is 11.5 Å². The van der Waals surface area contributed by atoms with E-state index in [-0.39, 0.29) is 17.6 Å². The predicted molar refractivity (Wildman–Crippen MR) is 125 cm³/mol. The summed E-state index contributed by atoms with van der Waals surface area (Å²) in [6.45, 7) is 0. The van der Waals surface area contributed by atoms with Gasteiger partial charge in [-0.3, -0.25) is 9.59 Å². The molecule has 0 aliphatic carbocycles. The van der Waals surface area contributed by atoms with Gasteiger partial charge in [0.15, 0.2) is 0 Å². The number of anilines is 2. The van der Waals surface area contributed by atoms with E-state index in [1.807, 2.05) is 12.1 Å². The number of methoxy groups -OCH3 is 2. The minimum Gasteiger partial charge on any atom is -0.497 e. The van der Waals surface area contributed by atoms with Crippen molar-refractivity contribution >= 4 is 46.6 Å². The summed E-state index contributed by atoms with van der Waals surface area (Å²) < 4.78 is 10.4. The second-order valence-corrected chi connectivity index (χ2v) is 7.88. The normalized spacial score (nSPS) is 10.3. The maximum atomic E-state index is 12.4. The minimum atomic E-state index is -0.228. The summed E-state index contributed by atoms with van der Waals surface area (Å²) in [6, 6.07) is 19.2. The zero-order valence-electron chi connectivity index (χ0n) is 17.0. The average Bonchev–Trinajstić information content (AvgIpc) is 2.79. The summed E-state index contributed by atoms with van der Waals surface area (Å²) in [5.74, 6) is 0.965. The van der Waals surface area contributed by atoms with Gasteiger partial charge in [0.2, 0.25) is 5.91 Å². The topological polar surface area (TPSA) is 76.7 Å². The lowest BCUT2D eigenvalue weighted by atomic mass is 10.2. The number of halogens is 1. The molecule has 2 N–H and O–H groups in total. The van der Waals surface area contributed by atoms with Crippen LogP contribution in [0.5, 0.6) is 11.5 Å². The molecule has 0 radical (unpaired) electrons. The number of thioether (sulfide) groups is 1. The van der Waals surface area contributed by atoms with Gasteiger partial charge >= 0.3 is 0 Å². The van der Waals surface area contributed by atoms with Crippen LogP contribution in [0.25, 0.3) is 0 Å². The number of rotatable bonds is 8. The van der Waals surface area contributed by atoms with Crippen LogP contribution in [0.3, 0.4) is 0 Å². The molecule has 2 amide bonds. The van der Waals surface area contributed by atoms with Crippen LogP contribution in [0.15, 0.2) is 71.6 Å². The lowest BCUT2D eigenvalue weighted by molar-refractivity contribution is -0.113. The van der Waals surface area contributed by atoms with E-state index in [1.54, 1.807) is 61.7 Å². The Kier molecular flexibility index (Phi) is 7.81. The van der Waals surface area contributed by atoms with Crippen LogP contribution in [0.1, 0.15) is 10.4 Å². The van der Waals surface area contributed by atoms with Crippen LogP contribution in [-0.4, -0.2) is 31.8 Å². The van der Waals surface area contributed by atoms with Gasteiger partial charge in [-0.25, -0.2) is 0 Å². The van der Waals surface area contributed by atoms with Gasteiger partial charge in [-0.15, -0.1) is 11.8 Å². The molecule has 0 spiro atoms. The highest BCUT2D eigenvalue weighted by Gasteiger charge is 2.10. The summed E-state index contributed by atoms with van der Waals surface area (Å²) in [5, 5.41) is 6.15. The molecule has 3 aromatic carbocycles. The molecular weight excluding hydrogens is 436 g/mol. The molecule has 160 valence electrons. The molecule has 3 aromatic rings. The third kappa shape index (κ3) is 6.41. The van der Waals surface area contributed by atoms with E-state index in [2.05, 4.69) is 10.6 Å². The molecule has 0 fully saturated rings. The van der Waals surface area contributed by atoms with Gasteiger partial charge in [0.25, 0.3) is 5.91 Å². The maximum Gasteiger partial charge on any atom is 0.255 e. The largest absolute Gasteiger partial charge is 0.497 e. The quantitative estimate of drug-likeness (QED) is 0.447. The van der Waals surface area contributed by atoms with Gasteiger partial charge in [-0.1, -0.05) is 17.7 Å². The molecule has 0 aliphatic rings. The zero-order valence-corrected chi connectivity index (χ0v) is 18.5. The number of carbonyl (C=O) groups excluding carboxylic acids is 2. The summed E-state index contributed by atoms with van der Waals surface area (Å²) in [7, 11) is 3.08. The molecule has 0 saturated heterocycles. The van der Waals surface area contributed by atoms with Crippen LogP contribution < -0.4 is 20.1 Å². The van der Waals surface area contributed by atoms with Crippen LogP contribution in [0.2, 0.25) is 5.02 Å². The highest BCUT2D eigenvalue weighted by molar-refractivity contribution is 8.00. The van der Waals surface area contributed by atoms with Gasteiger partial charge in [0, 0.05) is 21.2 Å². The molecule has 0 bridgehead atoms. The van der Waals surface area contributed by atoms with Gasteiger partial charge in [-0.2, -0.15) is 0 Å². The summed E-state index contributed by atoms with van der Waals surface area (Å²) in [6.07, 6.45) is 0. The Bertz CT molecular complexity index is 1070. The third-order valence-corrected chi connectivity index (χ3v) is 5.50. The van der Waals surface area contributed by atoms with Crippen LogP contribution >= 0.6 is 23.4 Å². The molecule has 8 heteroatoms. The Morgan fingerprint density at radius 1 is 0.935 bits per heavy atom. The van der Waals surface area contributed by atoms with Crippen LogP contribution in [0, 0.1) is 0 Å². The lowest BCUT2D eigenvalue weighted by Crippen LogP contribution is -2.14. The Labute approximate surface area is 189 Å². The summed E-state index contributed by atoms with van der Waals surface area (Å²) in [4.78, 5) is 25.6. The predicted octanol–water partition coefficient (Wildman–Crippen LogP) is 5.34. The molecule has 6 nitrogen and oxygen atoms in total. The van der Waals surface area contributed by atoms with Crippen LogP contribution in [0.4, 0.5) is 11.4 Å². The second kappa shape index (κ2) is 10.7. The fourth-order valence-corrected chi connectivity index (χ4v) is 3.59. The number of hydrogen-bond acceptors (Lipinski definition) is 5. The first kappa shape index (κ1) is 22.5. The molecule has 0 aliphatic heterocycles. The highest BCUT2D eigenvalue weighted by Crippen LogP contribution is 2.28. The van der Waals surface area contributed by atoms with Gasteiger partial charge in [0.05, 0.1) is 25.7 Å². The lowest BCUT2D eigenvalue weighted by Gasteiger charge is -2.11. The molecule has 31 heavy (non-hydrogen) atoms. The van der Waals surface area contributed by atoms with E-state index in [9.17, 15) is 9.59 Å². The highest BCUT2D eigenvalue weighted by atomic mass is 35.5. The molecular formula is C23H21ClN2O4S. The van der Waals surface area contributed by atoms with Crippen molar-refractivity contribution in [2.75, 3.05) is 30.6 Å². The van der Waals surface area contributed by atoms with E-state index in [0.29, 0.717) is 33.5 Å². The van der Waals surface area contributed by atoms with Crippen molar-refractivity contribution in [2.24, 2.45) is 0 Å². The molecule has 0 aromatic heterocycles. The first-order chi connectivity index (χ1) is 15.0. The van der Waals surface area contributed by atoms with Gasteiger partial charge in [-0.05, 0) is 60.7 Å². The Morgan fingerprint density at radius 2 is 1.71 bits per heavy atom. The van der Waals surface area contributed by atoms with E-state index in [4.69, 9.17) is 21.1 Å².